The molecule has 0 unspecified atom stereocenters. The molecule has 0 spiro atoms. The Kier molecular flexibility index (Phi) is 7.19. The van der Waals surface area contributed by atoms with E-state index >= 15 is 0 Å². The van der Waals surface area contributed by atoms with Gasteiger partial charge in [-0.3, -0.25) is 4.79 Å². The molecule has 2 heterocycles. The van der Waals surface area contributed by atoms with Gasteiger partial charge in [0.15, 0.2) is 5.16 Å². The molecule has 1 saturated heterocycles. The van der Waals surface area contributed by atoms with Crippen molar-refractivity contribution in [2.24, 2.45) is 5.10 Å². The second-order valence-corrected chi connectivity index (χ2v) is 7.74. The summed E-state index contributed by atoms with van der Waals surface area (Å²) in [6.07, 6.45) is 1.60. The van der Waals surface area contributed by atoms with E-state index in [0.717, 1.165) is 34.6 Å². The molecule has 3 rings (SSSR count). The fourth-order valence-corrected chi connectivity index (χ4v) is 3.58. The van der Waals surface area contributed by atoms with E-state index in [4.69, 9.17) is 4.74 Å². The van der Waals surface area contributed by atoms with Crippen LogP contribution >= 0.6 is 27.7 Å². The molecule has 1 aromatic heterocycles. The Hall–Kier alpha value is -1.97. The quantitative estimate of drug-likeness (QED) is 0.316. The third-order valence-electron chi connectivity index (χ3n) is 3.74. The molecule has 1 amide bonds. The molecular formula is C18H20BrN5O2S. The van der Waals surface area contributed by atoms with Gasteiger partial charge in [0.1, 0.15) is 5.82 Å². The number of anilines is 1. The number of nitrogens with one attached hydrogen (secondary N) is 1. The highest BCUT2D eigenvalue weighted by Gasteiger charge is 2.14. The summed E-state index contributed by atoms with van der Waals surface area (Å²) >= 11 is 4.69. The molecule has 1 aliphatic rings. The zero-order chi connectivity index (χ0) is 19.1. The largest absolute Gasteiger partial charge is 0.378 e. The molecular weight excluding hydrogens is 430 g/mol. The topological polar surface area (TPSA) is 79.7 Å². The van der Waals surface area contributed by atoms with Crippen molar-refractivity contribution < 1.29 is 9.53 Å². The summed E-state index contributed by atoms with van der Waals surface area (Å²) < 4.78 is 6.34. The van der Waals surface area contributed by atoms with Gasteiger partial charge < -0.3 is 9.64 Å². The monoisotopic (exact) mass is 449 g/mol. The molecule has 0 saturated carbocycles. The van der Waals surface area contributed by atoms with Crippen LogP contribution in [0.2, 0.25) is 0 Å². The molecule has 2 aromatic rings. The van der Waals surface area contributed by atoms with Crippen LogP contribution in [0.3, 0.4) is 0 Å². The van der Waals surface area contributed by atoms with Crippen molar-refractivity contribution in [1.82, 2.24) is 15.4 Å². The average molecular weight is 450 g/mol. The summed E-state index contributed by atoms with van der Waals surface area (Å²) in [5, 5.41) is 4.57. The first-order chi connectivity index (χ1) is 13.1. The number of benzene rings is 1. The maximum Gasteiger partial charge on any atom is 0.250 e. The summed E-state index contributed by atoms with van der Waals surface area (Å²) in [6.45, 7) is 4.95. The van der Waals surface area contributed by atoms with Gasteiger partial charge in [-0.15, -0.1) is 0 Å². The van der Waals surface area contributed by atoms with Crippen molar-refractivity contribution >= 4 is 45.6 Å². The van der Waals surface area contributed by atoms with Crippen LogP contribution in [0.15, 0.2) is 45.1 Å². The van der Waals surface area contributed by atoms with Gasteiger partial charge >= 0.3 is 0 Å². The fraction of sp³-hybridized carbons (Fsp3) is 0.333. The first-order valence-electron chi connectivity index (χ1n) is 8.49. The van der Waals surface area contributed by atoms with Crippen molar-refractivity contribution in [2.45, 2.75) is 12.1 Å². The molecule has 1 aromatic carbocycles. The zero-order valence-corrected chi connectivity index (χ0v) is 17.3. The molecule has 1 N–H and O–H groups in total. The Morgan fingerprint density at radius 1 is 1.37 bits per heavy atom. The molecule has 0 atom stereocenters. The number of hydrogen-bond acceptors (Lipinski definition) is 7. The number of nitrogens with zero attached hydrogens (tertiary/aromatic N) is 4. The predicted molar refractivity (Wildman–Crippen MR) is 110 cm³/mol. The minimum atomic E-state index is -0.204. The first-order valence-corrected chi connectivity index (χ1v) is 10.3. The van der Waals surface area contributed by atoms with Gasteiger partial charge in [-0.2, -0.15) is 5.10 Å². The second-order valence-electron chi connectivity index (χ2n) is 5.89. The number of carbonyl (C=O) groups is 1. The third kappa shape index (κ3) is 6.30. The van der Waals surface area contributed by atoms with Gasteiger partial charge in [0.2, 0.25) is 0 Å². The molecule has 0 aliphatic carbocycles. The first kappa shape index (κ1) is 19.8. The highest BCUT2D eigenvalue weighted by molar-refractivity contribution is 9.10. The van der Waals surface area contributed by atoms with E-state index in [2.05, 4.69) is 41.3 Å². The number of carbonyl (C=O) groups excluding carboxylic acids is 1. The summed E-state index contributed by atoms with van der Waals surface area (Å²) in [4.78, 5) is 23.2. The zero-order valence-electron chi connectivity index (χ0n) is 14.9. The van der Waals surface area contributed by atoms with E-state index in [1.807, 2.05) is 37.3 Å². The predicted octanol–water partition coefficient (Wildman–Crippen LogP) is 2.63. The highest BCUT2D eigenvalue weighted by Crippen LogP contribution is 2.20. The summed E-state index contributed by atoms with van der Waals surface area (Å²) in [5.41, 5.74) is 4.30. The third-order valence-corrected chi connectivity index (χ3v) is 5.08. The lowest BCUT2D eigenvalue weighted by atomic mass is 10.2. The maximum atomic E-state index is 12.0. The van der Waals surface area contributed by atoms with Gasteiger partial charge in [0.05, 0.1) is 25.2 Å². The summed E-state index contributed by atoms with van der Waals surface area (Å²) in [5.74, 6) is 0.868. The van der Waals surface area contributed by atoms with Gasteiger partial charge in [-0.25, -0.2) is 15.4 Å². The molecule has 0 bridgehead atoms. The number of hydrogen-bond donors (Lipinski definition) is 1. The summed E-state index contributed by atoms with van der Waals surface area (Å²) in [7, 11) is 0. The van der Waals surface area contributed by atoms with E-state index in [9.17, 15) is 4.79 Å². The molecule has 7 nitrogen and oxygen atoms in total. The number of amides is 1. The van der Waals surface area contributed by atoms with Crippen LogP contribution in [0.25, 0.3) is 0 Å². The van der Waals surface area contributed by atoms with Crippen molar-refractivity contribution in [3.63, 3.8) is 0 Å². The molecule has 0 radical (unpaired) electrons. The van der Waals surface area contributed by atoms with Crippen LogP contribution in [0.4, 0.5) is 5.82 Å². The Morgan fingerprint density at radius 3 is 2.96 bits per heavy atom. The molecule has 27 heavy (non-hydrogen) atoms. The number of ether oxygens (including phenoxy) is 1. The molecule has 1 aliphatic heterocycles. The number of halogens is 1. The van der Waals surface area contributed by atoms with E-state index in [-0.39, 0.29) is 11.7 Å². The van der Waals surface area contributed by atoms with Crippen molar-refractivity contribution in [2.75, 3.05) is 37.0 Å². The lowest BCUT2D eigenvalue weighted by molar-refractivity contribution is -0.118. The molecule has 9 heteroatoms. The Labute approximate surface area is 170 Å². The summed E-state index contributed by atoms with van der Waals surface area (Å²) in [6, 6.07) is 9.61. The standard InChI is InChI=1S/C18H20BrN5O2S/c1-13-9-16(24-5-7-26-8-6-24)22-18(21-13)27-12-17(25)23-20-11-14-3-2-4-15(19)10-14/h2-4,9-11H,5-8,12H2,1H3,(H,23,25). The normalized spacial score (nSPS) is 14.5. The fourth-order valence-electron chi connectivity index (χ4n) is 2.47. The second kappa shape index (κ2) is 9.82. The van der Waals surface area contributed by atoms with Gasteiger partial charge in [0.25, 0.3) is 5.91 Å². The Bertz CT molecular complexity index is 827. The number of rotatable bonds is 6. The highest BCUT2D eigenvalue weighted by atomic mass is 79.9. The minimum absolute atomic E-state index is 0.196. The SMILES string of the molecule is Cc1cc(N2CCOCC2)nc(SCC(=O)NN=Cc2cccc(Br)c2)n1. The van der Waals surface area contributed by atoms with Crippen LogP contribution in [0.5, 0.6) is 0 Å². The Morgan fingerprint density at radius 2 is 2.19 bits per heavy atom. The van der Waals surface area contributed by atoms with Crippen molar-refractivity contribution in [1.29, 1.82) is 0 Å². The lowest BCUT2D eigenvalue weighted by Gasteiger charge is -2.28. The average Bonchev–Trinajstić information content (AvgIpc) is 2.67. The van der Waals surface area contributed by atoms with Crippen LogP contribution < -0.4 is 10.3 Å². The number of aryl methyl sites for hydroxylation is 1. The van der Waals surface area contributed by atoms with Crippen LogP contribution in [0.1, 0.15) is 11.3 Å². The van der Waals surface area contributed by atoms with Gasteiger partial charge in [-0.1, -0.05) is 39.8 Å². The van der Waals surface area contributed by atoms with E-state index in [1.165, 1.54) is 11.8 Å². The van der Waals surface area contributed by atoms with Crippen molar-refractivity contribution in [3.8, 4) is 0 Å². The maximum absolute atomic E-state index is 12.0. The van der Waals surface area contributed by atoms with E-state index < -0.39 is 0 Å². The van der Waals surface area contributed by atoms with Crippen LogP contribution in [-0.4, -0.2) is 54.1 Å². The number of hydrazone groups is 1. The number of aromatic nitrogens is 2. The van der Waals surface area contributed by atoms with E-state index in [1.54, 1.807) is 6.21 Å². The number of thioether (sulfide) groups is 1. The van der Waals surface area contributed by atoms with Gasteiger partial charge in [-0.05, 0) is 24.6 Å². The Balaban J connectivity index is 1.53. The smallest absolute Gasteiger partial charge is 0.250 e. The van der Waals surface area contributed by atoms with E-state index in [0.29, 0.717) is 18.4 Å². The van der Waals surface area contributed by atoms with Crippen molar-refractivity contribution in [3.05, 3.63) is 46.1 Å². The van der Waals surface area contributed by atoms with Crippen LogP contribution in [-0.2, 0) is 9.53 Å². The van der Waals surface area contributed by atoms with Crippen LogP contribution in [0, 0.1) is 6.92 Å². The minimum Gasteiger partial charge on any atom is -0.378 e. The van der Waals surface area contributed by atoms with Gasteiger partial charge in [0, 0.05) is 29.3 Å². The molecule has 142 valence electrons. The molecule has 1 fully saturated rings. The lowest BCUT2D eigenvalue weighted by Crippen LogP contribution is -2.36. The number of morpholine rings is 1.